The average molecular weight is 350 g/mol. The molecule has 0 aliphatic rings. The number of aryl methyl sites for hydroxylation is 2. The van der Waals surface area contributed by atoms with Gasteiger partial charge in [-0.25, -0.2) is 4.98 Å². The summed E-state index contributed by atoms with van der Waals surface area (Å²) in [6.07, 6.45) is 5.26. The van der Waals surface area contributed by atoms with Crippen molar-refractivity contribution < 1.29 is 9.53 Å². The molecular weight excluding hydrogens is 328 g/mol. The van der Waals surface area contributed by atoms with Gasteiger partial charge in [-0.15, -0.1) is 0 Å². The third kappa shape index (κ3) is 4.08. The first-order valence-electron chi connectivity index (χ1n) is 8.50. The summed E-state index contributed by atoms with van der Waals surface area (Å²) in [4.78, 5) is 16.7. The van der Waals surface area contributed by atoms with Crippen LogP contribution < -0.4 is 10.1 Å². The zero-order valence-electron chi connectivity index (χ0n) is 15.1. The minimum absolute atomic E-state index is 0.112. The fourth-order valence-electron chi connectivity index (χ4n) is 2.52. The van der Waals surface area contributed by atoms with Crippen LogP contribution in [0.2, 0.25) is 0 Å². The van der Waals surface area contributed by atoms with Crippen LogP contribution in [0, 0.1) is 13.8 Å². The van der Waals surface area contributed by atoms with Crippen molar-refractivity contribution >= 4 is 5.91 Å². The van der Waals surface area contributed by atoms with Gasteiger partial charge in [0.25, 0.3) is 0 Å². The second kappa shape index (κ2) is 7.82. The molecule has 3 aromatic rings. The summed E-state index contributed by atoms with van der Waals surface area (Å²) < 4.78 is 7.59. The molecule has 6 nitrogen and oxygen atoms in total. The Balaban J connectivity index is 1.68. The molecule has 1 atom stereocenters. The van der Waals surface area contributed by atoms with Crippen LogP contribution in [0.1, 0.15) is 29.7 Å². The zero-order valence-corrected chi connectivity index (χ0v) is 15.1. The number of carbonyl (C=O) groups excluding carboxylic acids is 1. The van der Waals surface area contributed by atoms with Crippen molar-refractivity contribution in [2.45, 2.75) is 33.4 Å². The predicted octanol–water partition coefficient (Wildman–Crippen LogP) is 3.56. The fraction of sp³-hybridized carbons (Fsp3) is 0.250. The maximum absolute atomic E-state index is 12.4. The minimum Gasteiger partial charge on any atom is -0.438 e. The molecule has 0 saturated heterocycles. The second-order valence-corrected chi connectivity index (χ2v) is 6.23. The Hall–Kier alpha value is -3.15. The van der Waals surface area contributed by atoms with Gasteiger partial charge in [-0.2, -0.15) is 5.10 Å². The standard InChI is InChI=1S/C20H22N4O2/c1-14-11-23-24(13-14)16(3)19(25)22-12-17-8-6-10-21-20(17)26-18-9-5-4-7-15(18)2/h4-11,13,16H,12H2,1-3H3,(H,22,25). The molecule has 0 spiro atoms. The number of nitrogens with one attached hydrogen (secondary N) is 1. The van der Waals surface area contributed by atoms with Gasteiger partial charge in [-0.1, -0.05) is 24.3 Å². The molecule has 2 heterocycles. The van der Waals surface area contributed by atoms with Gasteiger partial charge in [-0.3, -0.25) is 9.48 Å². The highest BCUT2D eigenvalue weighted by Crippen LogP contribution is 2.25. The van der Waals surface area contributed by atoms with E-state index >= 15 is 0 Å². The summed E-state index contributed by atoms with van der Waals surface area (Å²) in [6.45, 7) is 6.07. The molecule has 134 valence electrons. The molecule has 2 aromatic heterocycles. The number of para-hydroxylation sites is 1. The Bertz CT molecular complexity index is 904. The SMILES string of the molecule is Cc1cnn(C(C)C(=O)NCc2cccnc2Oc2ccccc2C)c1. The third-order valence-electron chi connectivity index (χ3n) is 4.11. The molecule has 0 bridgehead atoms. The molecule has 1 aromatic carbocycles. The van der Waals surface area contributed by atoms with Gasteiger partial charge in [0.15, 0.2) is 0 Å². The summed E-state index contributed by atoms with van der Waals surface area (Å²) in [5, 5.41) is 7.12. The summed E-state index contributed by atoms with van der Waals surface area (Å²) in [5.74, 6) is 1.13. The molecular formula is C20H22N4O2. The number of aromatic nitrogens is 3. The first-order valence-corrected chi connectivity index (χ1v) is 8.50. The number of ether oxygens (including phenoxy) is 1. The van der Waals surface area contributed by atoms with Gasteiger partial charge in [-0.05, 0) is 44.0 Å². The number of amides is 1. The second-order valence-electron chi connectivity index (χ2n) is 6.23. The van der Waals surface area contributed by atoms with Crippen molar-refractivity contribution in [3.05, 3.63) is 71.7 Å². The van der Waals surface area contributed by atoms with Crippen LogP contribution in [0.4, 0.5) is 0 Å². The van der Waals surface area contributed by atoms with E-state index in [1.165, 1.54) is 0 Å². The van der Waals surface area contributed by atoms with Gasteiger partial charge in [0.2, 0.25) is 11.8 Å². The maximum Gasteiger partial charge on any atom is 0.244 e. The molecule has 1 unspecified atom stereocenters. The Labute approximate surface area is 152 Å². The molecule has 26 heavy (non-hydrogen) atoms. The van der Waals surface area contributed by atoms with Gasteiger partial charge in [0.1, 0.15) is 11.8 Å². The number of pyridine rings is 1. The molecule has 1 N–H and O–H groups in total. The average Bonchev–Trinajstić information content (AvgIpc) is 3.08. The number of benzene rings is 1. The van der Waals surface area contributed by atoms with E-state index in [9.17, 15) is 4.79 Å². The van der Waals surface area contributed by atoms with Crippen molar-refractivity contribution in [2.24, 2.45) is 0 Å². The molecule has 3 rings (SSSR count). The normalized spacial score (nSPS) is 11.8. The highest BCUT2D eigenvalue weighted by Gasteiger charge is 2.16. The van der Waals surface area contributed by atoms with E-state index in [4.69, 9.17) is 4.74 Å². The third-order valence-corrected chi connectivity index (χ3v) is 4.11. The van der Waals surface area contributed by atoms with Crippen LogP contribution in [0.25, 0.3) is 0 Å². The molecule has 0 fully saturated rings. The number of nitrogens with zero attached hydrogens (tertiary/aromatic N) is 3. The minimum atomic E-state index is -0.388. The lowest BCUT2D eigenvalue weighted by atomic mass is 10.2. The van der Waals surface area contributed by atoms with E-state index in [-0.39, 0.29) is 11.9 Å². The van der Waals surface area contributed by atoms with Crippen molar-refractivity contribution in [2.75, 3.05) is 0 Å². The largest absolute Gasteiger partial charge is 0.438 e. The van der Waals surface area contributed by atoms with Crippen LogP contribution in [0.5, 0.6) is 11.6 Å². The fourth-order valence-corrected chi connectivity index (χ4v) is 2.52. The summed E-state index contributed by atoms with van der Waals surface area (Å²) in [5.41, 5.74) is 2.86. The number of rotatable bonds is 6. The number of hydrogen-bond acceptors (Lipinski definition) is 4. The topological polar surface area (TPSA) is 69.0 Å². The van der Waals surface area contributed by atoms with Gasteiger partial charge < -0.3 is 10.1 Å². The van der Waals surface area contributed by atoms with Crippen LogP contribution in [0.15, 0.2) is 55.0 Å². The quantitative estimate of drug-likeness (QED) is 0.738. The van der Waals surface area contributed by atoms with E-state index < -0.39 is 0 Å². The lowest BCUT2D eigenvalue weighted by Gasteiger charge is -2.15. The summed E-state index contributed by atoms with van der Waals surface area (Å²) in [7, 11) is 0. The van der Waals surface area contributed by atoms with Crippen LogP contribution in [-0.2, 0) is 11.3 Å². The smallest absolute Gasteiger partial charge is 0.244 e. The van der Waals surface area contributed by atoms with Crippen LogP contribution in [-0.4, -0.2) is 20.7 Å². The van der Waals surface area contributed by atoms with E-state index in [1.807, 2.05) is 63.4 Å². The Morgan fingerprint density at radius 3 is 2.77 bits per heavy atom. The van der Waals surface area contributed by atoms with Crippen molar-refractivity contribution in [1.29, 1.82) is 0 Å². The molecule has 0 saturated carbocycles. The van der Waals surface area contributed by atoms with Crippen LogP contribution >= 0.6 is 0 Å². The van der Waals surface area contributed by atoms with Gasteiger partial charge in [0, 0.05) is 24.5 Å². The highest BCUT2D eigenvalue weighted by atomic mass is 16.5. The van der Waals surface area contributed by atoms with E-state index in [0.29, 0.717) is 12.4 Å². The zero-order chi connectivity index (χ0) is 18.5. The molecule has 0 radical (unpaired) electrons. The lowest BCUT2D eigenvalue weighted by molar-refractivity contribution is -0.124. The van der Waals surface area contributed by atoms with E-state index in [2.05, 4.69) is 15.4 Å². The van der Waals surface area contributed by atoms with Crippen molar-refractivity contribution in [3.63, 3.8) is 0 Å². The summed E-state index contributed by atoms with van der Waals surface area (Å²) >= 11 is 0. The number of carbonyl (C=O) groups is 1. The van der Waals surface area contributed by atoms with Crippen LogP contribution in [0.3, 0.4) is 0 Å². The van der Waals surface area contributed by atoms with E-state index in [1.54, 1.807) is 17.1 Å². The van der Waals surface area contributed by atoms with Crippen molar-refractivity contribution in [1.82, 2.24) is 20.1 Å². The number of hydrogen-bond donors (Lipinski definition) is 1. The predicted molar refractivity (Wildman–Crippen MR) is 99.0 cm³/mol. The first-order chi connectivity index (χ1) is 12.5. The molecule has 6 heteroatoms. The summed E-state index contributed by atoms with van der Waals surface area (Å²) in [6, 6.07) is 11.1. The monoisotopic (exact) mass is 350 g/mol. The maximum atomic E-state index is 12.4. The van der Waals surface area contributed by atoms with E-state index in [0.717, 1.165) is 22.4 Å². The highest BCUT2D eigenvalue weighted by molar-refractivity contribution is 5.79. The molecule has 0 aliphatic heterocycles. The Morgan fingerprint density at radius 2 is 2.04 bits per heavy atom. The lowest BCUT2D eigenvalue weighted by Crippen LogP contribution is -2.31. The molecule has 0 aliphatic carbocycles. The molecule has 1 amide bonds. The van der Waals surface area contributed by atoms with Gasteiger partial charge in [0.05, 0.1) is 6.20 Å². The van der Waals surface area contributed by atoms with Crippen molar-refractivity contribution in [3.8, 4) is 11.6 Å². The first kappa shape index (κ1) is 17.7. The Kier molecular flexibility index (Phi) is 5.31. The Morgan fingerprint density at radius 1 is 1.23 bits per heavy atom. The van der Waals surface area contributed by atoms with Gasteiger partial charge >= 0.3 is 0 Å².